The Morgan fingerprint density at radius 1 is 0.892 bits per heavy atom. The van der Waals surface area contributed by atoms with E-state index in [1.54, 1.807) is 13.0 Å². The minimum Gasteiger partial charge on any atom is -0.387 e. The Labute approximate surface area is 227 Å². The van der Waals surface area contributed by atoms with Gasteiger partial charge in [-0.3, -0.25) is 13.8 Å². The van der Waals surface area contributed by atoms with Gasteiger partial charge in [0.1, 0.15) is 13.2 Å². The number of nitrogens with one attached hydrogen (secondary N) is 1. The second-order valence-electron chi connectivity index (χ2n) is 11.1. The molecular weight excluding hydrogens is 491 g/mol. The number of quaternary nitrogens is 1. The second-order valence-corrected chi connectivity index (χ2v) is 12.5. The average Bonchev–Trinajstić information content (AvgIpc) is 2.82. The van der Waals surface area contributed by atoms with Crippen molar-refractivity contribution in [3.8, 4) is 0 Å². The molecule has 1 amide bonds. The first-order valence-corrected chi connectivity index (χ1v) is 16.1. The Kier molecular flexibility index (Phi) is 21.6. The number of hydrogen-bond acceptors (Lipinski definition) is 5. The van der Waals surface area contributed by atoms with Gasteiger partial charge in [-0.15, -0.1) is 0 Å². The molecule has 0 aromatic heterocycles. The van der Waals surface area contributed by atoms with E-state index in [1.165, 1.54) is 70.6 Å². The Hall–Kier alpha value is -0.760. The quantitative estimate of drug-likeness (QED) is 0.0548. The van der Waals surface area contributed by atoms with Gasteiger partial charge in [-0.25, -0.2) is 4.57 Å². The highest BCUT2D eigenvalue weighted by atomic mass is 31.2. The first kappa shape index (κ1) is 36.2. The number of allylic oxidation sites excluding steroid dienone is 1. The van der Waals surface area contributed by atoms with Crippen molar-refractivity contribution in [3.63, 3.8) is 0 Å². The molecule has 0 saturated heterocycles. The van der Waals surface area contributed by atoms with E-state index in [2.05, 4.69) is 12.2 Å². The highest BCUT2D eigenvalue weighted by molar-refractivity contribution is 7.47. The lowest BCUT2D eigenvalue weighted by Gasteiger charge is -2.25. The van der Waals surface area contributed by atoms with Crippen LogP contribution in [0.2, 0.25) is 0 Å². The van der Waals surface area contributed by atoms with Crippen LogP contribution < -0.4 is 5.32 Å². The van der Waals surface area contributed by atoms with Crippen LogP contribution in [-0.4, -0.2) is 73.4 Å². The van der Waals surface area contributed by atoms with Gasteiger partial charge >= 0.3 is 7.82 Å². The second kappa shape index (κ2) is 22.1. The van der Waals surface area contributed by atoms with Crippen LogP contribution in [0.1, 0.15) is 110 Å². The zero-order valence-corrected chi connectivity index (χ0v) is 25.4. The van der Waals surface area contributed by atoms with Crippen molar-refractivity contribution in [1.29, 1.82) is 0 Å². The Bertz CT molecular complexity index is 639. The number of amides is 1. The predicted molar refractivity (Wildman–Crippen MR) is 152 cm³/mol. The Morgan fingerprint density at radius 3 is 1.89 bits per heavy atom. The van der Waals surface area contributed by atoms with Crippen LogP contribution in [0.3, 0.4) is 0 Å². The third kappa shape index (κ3) is 24.0. The molecule has 0 heterocycles. The summed E-state index contributed by atoms with van der Waals surface area (Å²) >= 11 is 0. The van der Waals surface area contributed by atoms with Gasteiger partial charge in [0.25, 0.3) is 0 Å². The van der Waals surface area contributed by atoms with Gasteiger partial charge in [0, 0.05) is 6.42 Å². The molecule has 0 bridgehead atoms. The molecule has 3 N–H and O–H groups in total. The topological polar surface area (TPSA) is 105 Å². The van der Waals surface area contributed by atoms with Crippen LogP contribution in [0.25, 0.3) is 0 Å². The van der Waals surface area contributed by atoms with Gasteiger partial charge in [-0.05, 0) is 12.8 Å². The number of aliphatic hydroxyl groups excluding tert-OH is 1. The van der Waals surface area contributed by atoms with Crippen LogP contribution in [0.4, 0.5) is 0 Å². The minimum atomic E-state index is -4.28. The molecule has 9 heteroatoms. The Morgan fingerprint density at radius 2 is 1.41 bits per heavy atom. The van der Waals surface area contributed by atoms with Crippen molar-refractivity contribution in [2.45, 2.75) is 122 Å². The Balaban J connectivity index is 4.17. The summed E-state index contributed by atoms with van der Waals surface area (Å²) in [6.45, 7) is 4.23. The van der Waals surface area contributed by atoms with Crippen molar-refractivity contribution in [2.75, 3.05) is 40.9 Å². The smallest absolute Gasteiger partial charge is 0.387 e. The molecule has 3 unspecified atom stereocenters. The molecule has 37 heavy (non-hydrogen) atoms. The fraction of sp³-hybridized carbons (Fsp3) is 0.893. The molecule has 3 atom stereocenters. The number of nitrogens with zero attached hydrogens (tertiary/aromatic N) is 1. The largest absolute Gasteiger partial charge is 0.472 e. The van der Waals surface area contributed by atoms with Crippen LogP contribution in [0.5, 0.6) is 0 Å². The maximum absolute atomic E-state index is 12.2. The van der Waals surface area contributed by atoms with E-state index in [1.807, 2.05) is 27.2 Å². The van der Waals surface area contributed by atoms with Crippen molar-refractivity contribution >= 4 is 13.7 Å². The lowest BCUT2D eigenvalue weighted by molar-refractivity contribution is -0.870. The maximum Gasteiger partial charge on any atom is 0.472 e. The number of carbonyl (C=O) groups is 1. The highest BCUT2D eigenvalue weighted by Gasteiger charge is 2.27. The fourth-order valence-electron chi connectivity index (χ4n) is 3.83. The summed E-state index contributed by atoms with van der Waals surface area (Å²) in [4.78, 5) is 21.8. The fourth-order valence-corrected chi connectivity index (χ4v) is 4.56. The van der Waals surface area contributed by atoms with Gasteiger partial charge in [0.15, 0.2) is 0 Å². The monoisotopic (exact) mass is 549 g/mol. The van der Waals surface area contributed by atoms with E-state index in [9.17, 15) is 19.4 Å². The zero-order valence-electron chi connectivity index (χ0n) is 24.5. The van der Waals surface area contributed by atoms with E-state index in [0.29, 0.717) is 11.0 Å². The summed E-state index contributed by atoms with van der Waals surface area (Å²) in [5, 5.41) is 13.2. The first-order valence-electron chi connectivity index (χ1n) is 14.6. The standard InChI is InChI=1S/C28H57N2O6P/c1-6-8-9-10-11-12-13-14-15-16-17-18-19-20-21-22-27(31)26(29-28(32)7-2)25-36-37(33,34)35-24-23-30(3,4)5/h21-22,26-27,31H,6-20,23-25H2,1-5H3,(H-,29,32,33,34)/p+1/b22-21+. The molecule has 0 aliphatic carbocycles. The number of carbonyl (C=O) groups excluding carboxylic acids is 1. The van der Waals surface area contributed by atoms with Crippen LogP contribution in [0.15, 0.2) is 12.2 Å². The van der Waals surface area contributed by atoms with E-state index in [4.69, 9.17) is 9.05 Å². The molecule has 0 fully saturated rings. The molecule has 220 valence electrons. The number of unbranched alkanes of at least 4 members (excludes halogenated alkanes) is 13. The molecule has 0 aromatic rings. The molecular formula is C28H58N2O6P+. The first-order chi connectivity index (χ1) is 17.5. The van der Waals surface area contributed by atoms with E-state index in [0.717, 1.165) is 19.3 Å². The van der Waals surface area contributed by atoms with Gasteiger partial charge in [-0.2, -0.15) is 0 Å². The van der Waals surface area contributed by atoms with Crippen LogP contribution in [0, 0.1) is 0 Å². The van der Waals surface area contributed by atoms with Crippen molar-refractivity contribution in [3.05, 3.63) is 12.2 Å². The maximum atomic E-state index is 12.2. The number of phosphoric ester groups is 1. The summed E-state index contributed by atoms with van der Waals surface area (Å²) in [5.41, 5.74) is 0. The lowest BCUT2D eigenvalue weighted by atomic mass is 10.0. The summed E-state index contributed by atoms with van der Waals surface area (Å²) < 4.78 is 22.9. The average molecular weight is 550 g/mol. The molecule has 0 radical (unpaired) electrons. The number of likely N-dealkylation sites (N-methyl/N-ethyl adjacent to an activating group) is 1. The summed E-state index contributed by atoms with van der Waals surface area (Å²) in [6.07, 6.45) is 20.6. The van der Waals surface area contributed by atoms with Crippen molar-refractivity contribution in [2.24, 2.45) is 0 Å². The molecule has 0 aromatic carbocycles. The number of rotatable bonds is 25. The molecule has 8 nitrogen and oxygen atoms in total. The molecule has 0 saturated carbocycles. The minimum absolute atomic E-state index is 0.0604. The third-order valence-corrected chi connectivity index (χ3v) is 7.31. The predicted octanol–water partition coefficient (Wildman–Crippen LogP) is 6.12. The van der Waals surface area contributed by atoms with E-state index < -0.39 is 20.0 Å². The third-order valence-electron chi connectivity index (χ3n) is 6.32. The molecule has 0 aliphatic heterocycles. The summed E-state index contributed by atoms with van der Waals surface area (Å²) in [7, 11) is 1.56. The van der Waals surface area contributed by atoms with Crippen LogP contribution >= 0.6 is 7.82 Å². The van der Waals surface area contributed by atoms with Gasteiger partial charge in [0.05, 0.1) is 39.9 Å². The van der Waals surface area contributed by atoms with Gasteiger partial charge in [0.2, 0.25) is 5.91 Å². The number of phosphoric acid groups is 1. The highest BCUT2D eigenvalue weighted by Crippen LogP contribution is 2.43. The van der Waals surface area contributed by atoms with E-state index >= 15 is 0 Å². The van der Waals surface area contributed by atoms with Crippen molar-refractivity contribution in [1.82, 2.24) is 5.32 Å². The van der Waals surface area contributed by atoms with Gasteiger partial charge < -0.3 is 19.8 Å². The SMILES string of the molecule is CCCCCCCCCCCCCCC/C=C/C(O)C(COP(=O)(O)OCC[N+](C)(C)C)NC(=O)CC. The van der Waals surface area contributed by atoms with Crippen molar-refractivity contribution < 1.29 is 32.9 Å². The van der Waals surface area contributed by atoms with E-state index in [-0.39, 0.29) is 25.5 Å². The zero-order chi connectivity index (χ0) is 28.0. The molecule has 0 spiro atoms. The van der Waals surface area contributed by atoms with Gasteiger partial charge in [-0.1, -0.05) is 103 Å². The molecule has 0 rings (SSSR count). The lowest BCUT2D eigenvalue weighted by Crippen LogP contribution is -2.45. The summed E-state index contributed by atoms with van der Waals surface area (Å²) in [6, 6.07) is -0.835. The van der Waals surface area contributed by atoms with Crippen LogP contribution in [-0.2, 0) is 18.4 Å². The summed E-state index contributed by atoms with van der Waals surface area (Å²) in [5.74, 6) is -0.267. The normalized spacial score (nSPS) is 15.5. The number of hydrogen-bond donors (Lipinski definition) is 3. The number of aliphatic hydroxyl groups is 1. The molecule has 0 aliphatic rings.